The van der Waals surface area contributed by atoms with Gasteiger partial charge in [-0.15, -0.1) is 10.2 Å². The average Bonchev–Trinajstić information content (AvgIpc) is 2.77. The highest BCUT2D eigenvalue weighted by molar-refractivity contribution is 5.52. The lowest BCUT2D eigenvalue weighted by atomic mass is 9.82. The lowest BCUT2D eigenvalue weighted by Crippen LogP contribution is -2.33. The molecule has 0 atom stereocenters. The van der Waals surface area contributed by atoms with Crippen molar-refractivity contribution in [2.24, 2.45) is 5.41 Å². The van der Waals surface area contributed by atoms with E-state index in [1.807, 2.05) is 30.3 Å². The third-order valence-corrected chi connectivity index (χ3v) is 2.95. The number of aromatic nitrogens is 4. The summed E-state index contributed by atoms with van der Waals surface area (Å²) in [7, 11) is 0. The van der Waals surface area contributed by atoms with Gasteiger partial charge in [-0.25, -0.2) is 0 Å². The van der Waals surface area contributed by atoms with Crippen LogP contribution in [0.1, 0.15) is 41.0 Å². The van der Waals surface area contributed by atoms with Gasteiger partial charge in [0.2, 0.25) is 5.82 Å². The molecule has 0 aliphatic heterocycles. The highest BCUT2D eigenvalue weighted by Crippen LogP contribution is 2.31. The fraction of sp³-hybridized carbons (Fsp3) is 0.533. The molecule has 19 heavy (non-hydrogen) atoms. The van der Waals surface area contributed by atoms with Crippen LogP contribution < -0.4 is 0 Å². The number of tetrazole rings is 1. The van der Waals surface area contributed by atoms with E-state index >= 15 is 0 Å². The molecule has 0 saturated carbocycles. The maximum absolute atomic E-state index is 4.53. The van der Waals surface area contributed by atoms with Crippen LogP contribution in [-0.2, 0) is 5.54 Å². The smallest absolute Gasteiger partial charge is 0.158 e. The van der Waals surface area contributed by atoms with Crippen molar-refractivity contribution in [3.63, 3.8) is 0 Å². The molecule has 102 valence electrons. The van der Waals surface area contributed by atoms with Crippen molar-refractivity contribution in [3.8, 4) is 11.4 Å². The summed E-state index contributed by atoms with van der Waals surface area (Å²) in [5.41, 5.74) is 1.09. The molecule has 0 aliphatic carbocycles. The summed E-state index contributed by atoms with van der Waals surface area (Å²) in [6.07, 6.45) is 0.991. The summed E-state index contributed by atoms with van der Waals surface area (Å²) in [4.78, 5) is 1.74. The normalized spacial score (nSPS) is 12.7. The minimum absolute atomic E-state index is 0.141. The van der Waals surface area contributed by atoms with Crippen molar-refractivity contribution < 1.29 is 0 Å². The van der Waals surface area contributed by atoms with Gasteiger partial charge in [-0.1, -0.05) is 51.1 Å². The average molecular weight is 258 g/mol. The zero-order valence-corrected chi connectivity index (χ0v) is 12.4. The van der Waals surface area contributed by atoms with Gasteiger partial charge in [-0.3, -0.25) is 0 Å². The second-order valence-corrected chi connectivity index (χ2v) is 6.82. The Morgan fingerprint density at radius 3 is 2.21 bits per heavy atom. The summed E-state index contributed by atoms with van der Waals surface area (Å²) in [5.74, 6) is 0.683. The topological polar surface area (TPSA) is 43.6 Å². The molecule has 0 fully saturated rings. The maximum atomic E-state index is 4.53. The molecule has 4 nitrogen and oxygen atoms in total. The van der Waals surface area contributed by atoms with E-state index in [-0.39, 0.29) is 11.0 Å². The second-order valence-electron chi connectivity index (χ2n) is 6.82. The van der Waals surface area contributed by atoms with E-state index in [4.69, 9.17) is 0 Å². The van der Waals surface area contributed by atoms with Crippen LogP contribution in [0.5, 0.6) is 0 Å². The molecular formula is C15H22N4. The third kappa shape index (κ3) is 3.40. The molecule has 1 heterocycles. The van der Waals surface area contributed by atoms with E-state index < -0.39 is 0 Å². The highest BCUT2D eigenvalue weighted by atomic mass is 15.6. The number of nitrogens with zero attached hydrogens (tertiary/aromatic N) is 4. The first-order chi connectivity index (χ1) is 8.78. The fourth-order valence-corrected chi connectivity index (χ4v) is 2.54. The van der Waals surface area contributed by atoms with E-state index in [2.05, 4.69) is 50.0 Å². The van der Waals surface area contributed by atoms with Gasteiger partial charge in [-0.05, 0) is 30.9 Å². The number of hydrogen-bond acceptors (Lipinski definition) is 3. The molecule has 2 aromatic rings. The van der Waals surface area contributed by atoms with E-state index in [9.17, 15) is 0 Å². The SMILES string of the molecule is CC(C)(C)CC(C)(C)n1nnc(-c2ccccc2)n1. The molecule has 0 saturated heterocycles. The Balaban J connectivity index is 2.26. The summed E-state index contributed by atoms with van der Waals surface area (Å²) in [6.45, 7) is 11.0. The Morgan fingerprint density at radius 2 is 1.63 bits per heavy atom. The Kier molecular flexibility index (Phi) is 3.43. The monoisotopic (exact) mass is 258 g/mol. The van der Waals surface area contributed by atoms with E-state index in [0.29, 0.717) is 5.82 Å². The Bertz CT molecular complexity index is 535. The molecule has 0 unspecified atom stereocenters. The van der Waals surface area contributed by atoms with Crippen LogP contribution in [0.4, 0.5) is 0 Å². The first kappa shape index (κ1) is 13.7. The first-order valence-corrected chi connectivity index (χ1v) is 6.64. The highest BCUT2D eigenvalue weighted by Gasteiger charge is 2.29. The molecule has 0 amide bonds. The molecule has 0 radical (unpaired) electrons. The number of rotatable bonds is 3. The Morgan fingerprint density at radius 1 is 1.00 bits per heavy atom. The zero-order valence-electron chi connectivity index (χ0n) is 12.4. The van der Waals surface area contributed by atoms with Crippen LogP contribution in [0.25, 0.3) is 11.4 Å². The number of benzene rings is 1. The van der Waals surface area contributed by atoms with Crippen LogP contribution in [0.3, 0.4) is 0 Å². The van der Waals surface area contributed by atoms with Crippen molar-refractivity contribution in [1.82, 2.24) is 20.2 Å². The van der Waals surface area contributed by atoms with Gasteiger partial charge in [0.25, 0.3) is 0 Å². The molecule has 0 N–H and O–H groups in total. The van der Waals surface area contributed by atoms with Crippen molar-refractivity contribution in [3.05, 3.63) is 30.3 Å². The van der Waals surface area contributed by atoms with Crippen LogP contribution >= 0.6 is 0 Å². The van der Waals surface area contributed by atoms with Crippen LogP contribution in [0, 0.1) is 5.41 Å². The van der Waals surface area contributed by atoms with Gasteiger partial charge in [-0.2, -0.15) is 4.80 Å². The van der Waals surface area contributed by atoms with Crippen molar-refractivity contribution in [2.45, 2.75) is 46.6 Å². The molecule has 0 aliphatic rings. The van der Waals surface area contributed by atoms with E-state index in [0.717, 1.165) is 12.0 Å². The molecule has 4 heteroatoms. The molecule has 0 bridgehead atoms. The molecule has 1 aromatic carbocycles. The van der Waals surface area contributed by atoms with E-state index in [1.54, 1.807) is 4.80 Å². The fourth-order valence-electron chi connectivity index (χ4n) is 2.54. The minimum atomic E-state index is -0.141. The van der Waals surface area contributed by atoms with Crippen molar-refractivity contribution >= 4 is 0 Å². The third-order valence-electron chi connectivity index (χ3n) is 2.95. The van der Waals surface area contributed by atoms with Gasteiger partial charge in [0, 0.05) is 5.56 Å². The maximum Gasteiger partial charge on any atom is 0.204 e. The lowest BCUT2D eigenvalue weighted by Gasteiger charge is -2.30. The van der Waals surface area contributed by atoms with Crippen molar-refractivity contribution in [2.75, 3.05) is 0 Å². The van der Waals surface area contributed by atoms with E-state index in [1.165, 1.54) is 0 Å². The van der Waals surface area contributed by atoms with Gasteiger partial charge in [0.15, 0.2) is 0 Å². The minimum Gasteiger partial charge on any atom is -0.158 e. The van der Waals surface area contributed by atoms with Crippen molar-refractivity contribution in [1.29, 1.82) is 0 Å². The molecule has 1 aromatic heterocycles. The summed E-state index contributed by atoms with van der Waals surface area (Å²) in [5, 5.41) is 12.9. The van der Waals surface area contributed by atoms with Crippen LogP contribution in [-0.4, -0.2) is 20.2 Å². The zero-order chi connectivity index (χ0) is 14.1. The lowest BCUT2D eigenvalue weighted by molar-refractivity contribution is 0.176. The van der Waals surface area contributed by atoms with Gasteiger partial charge < -0.3 is 0 Å². The predicted molar refractivity (Wildman–Crippen MR) is 76.6 cm³/mol. The molecular weight excluding hydrogens is 236 g/mol. The molecule has 0 spiro atoms. The summed E-state index contributed by atoms with van der Waals surface area (Å²) in [6, 6.07) is 9.94. The van der Waals surface area contributed by atoms with Gasteiger partial charge in [0.1, 0.15) is 0 Å². The first-order valence-electron chi connectivity index (χ1n) is 6.64. The Hall–Kier alpha value is -1.71. The standard InChI is InChI=1S/C15H22N4/c1-14(2,3)11-15(4,5)19-17-13(16-18-19)12-9-7-6-8-10-12/h6-10H,11H2,1-5H3. The second kappa shape index (κ2) is 4.76. The quantitative estimate of drug-likeness (QED) is 0.846. The van der Waals surface area contributed by atoms with Gasteiger partial charge >= 0.3 is 0 Å². The molecule has 2 rings (SSSR count). The number of hydrogen-bond donors (Lipinski definition) is 0. The van der Waals surface area contributed by atoms with Crippen LogP contribution in [0.15, 0.2) is 30.3 Å². The van der Waals surface area contributed by atoms with Crippen LogP contribution in [0.2, 0.25) is 0 Å². The Labute approximate surface area is 114 Å². The summed E-state index contributed by atoms with van der Waals surface area (Å²) >= 11 is 0. The largest absolute Gasteiger partial charge is 0.204 e. The summed E-state index contributed by atoms with van der Waals surface area (Å²) < 4.78 is 0. The predicted octanol–water partition coefficient (Wildman–Crippen LogP) is 3.51. The van der Waals surface area contributed by atoms with Gasteiger partial charge in [0.05, 0.1) is 5.54 Å².